The van der Waals surface area contributed by atoms with Crippen molar-refractivity contribution in [2.75, 3.05) is 53.4 Å². The van der Waals surface area contributed by atoms with E-state index in [0.717, 1.165) is 52.2 Å². The minimum absolute atomic E-state index is 0.0884. The summed E-state index contributed by atoms with van der Waals surface area (Å²) in [6, 6.07) is 0.608. The predicted octanol–water partition coefficient (Wildman–Crippen LogP) is 0.422. The number of amides is 1. The topological polar surface area (TPSA) is 42.9 Å². The molecule has 0 unspecified atom stereocenters. The maximum Gasteiger partial charge on any atom is 0.240 e. The number of fused-ring (bicyclic) bond motifs is 1. The van der Waals surface area contributed by atoms with E-state index < -0.39 is 0 Å². The highest BCUT2D eigenvalue weighted by atomic mass is 32.1. The van der Waals surface area contributed by atoms with E-state index in [4.69, 9.17) is 0 Å². The van der Waals surface area contributed by atoms with Crippen LogP contribution in [0.15, 0.2) is 11.6 Å². The van der Waals surface area contributed by atoms with Gasteiger partial charge in [-0.15, -0.1) is 11.3 Å². The van der Waals surface area contributed by atoms with E-state index in [2.05, 4.69) is 38.7 Å². The first-order chi connectivity index (χ1) is 11.6. The van der Waals surface area contributed by atoms with E-state index in [1.165, 1.54) is 5.01 Å². The lowest BCUT2D eigenvalue weighted by Crippen LogP contribution is -2.53. The average molecular weight is 350 g/mol. The summed E-state index contributed by atoms with van der Waals surface area (Å²) in [5.74, 6) is 0.975. The van der Waals surface area contributed by atoms with Gasteiger partial charge in [0.1, 0.15) is 5.01 Å². The van der Waals surface area contributed by atoms with Crippen LogP contribution >= 0.6 is 11.3 Å². The normalized spacial score (nSPS) is 32.4. The van der Waals surface area contributed by atoms with Gasteiger partial charge < -0.3 is 9.80 Å². The molecule has 7 heteroatoms. The van der Waals surface area contributed by atoms with Crippen molar-refractivity contribution in [1.29, 1.82) is 0 Å². The van der Waals surface area contributed by atoms with Gasteiger partial charge in [0, 0.05) is 56.9 Å². The Kier molecular flexibility index (Phi) is 4.60. The summed E-state index contributed by atoms with van der Waals surface area (Å²) in [6.45, 7) is 6.87. The zero-order valence-corrected chi connectivity index (χ0v) is 15.4. The van der Waals surface area contributed by atoms with Gasteiger partial charge in [-0.3, -0.25) is 14.6 Å². The van der Waals surface area contributed by atoms with Crippen molar-refractivity contribution in [3.05, 3.63) is 16.6 Å². The standard InChI is InChI=1S/C17H27N5OS/c1-19-4-6-22(7-5-19)17(23)14-9-13-10-21(11-15(13)20(14)2)12-16-18-3-8-24-16/h3,8,13-15H,4-7,9-12H2,1-2H3/t13-,14-,15+/m1/s1. The Bertz CT molecular complexity index is 572. The van der Waals surface area contributed by atoms with Crippen molar-refractivity contribution >= 4 is 17.2 Å². The first kappa shape index (κ1) is 16.4. The number of carbonyl (C=O) groups excluding carboxylic acids is 1. The summed E-state index contributed by atoms with van der Waals surface area (Å²) >= 11 is 1.73. The second kappa shape index (κ2) is 6.71. The average Bonchev–Trinajstić information content (AvgIpc) is 3.27. The molecule has 0 saturated carbocycles. The molecule has 0 aliphatic carbocycles. The molecule has 3 aliphatic heterocycles. The van der Waals surface area contributed by atoms with Crippen molar-refractivity contribution in [3.8, 4) is 0 Å². The Morgan fingerprint density at radius 1 is 1.25 bits per heavy atom. The van der Waals surface area contributed by atoms with E-state index >= 15 is 0 Å². The van der Waals surface area contributed by atoms with Gasteiger partial charge in [0.25, 0.3) is 0 Å². The zero-order valence-electron chi connectivity index (χ0n) is 14.6. The zero-order chi connectivity index (χ0) is 16.7. The Morgan fingerprint density at radius 3 is 2.71 bits per heavy atom. The number of rotatable bonds is 3. The van der Waals surface area contributed by atoms with E-state index in [9.17, 15) is 4.79 Å². The molecule has 4 heterocycles. The van der Waals surface area contributed by atoms with Crippen LogP contribution in [0.4, 0.5) is 0 Å². The third-order valence-corrected chi connectivity index (χ3v) is 6.73. The van der Waals surface area contributed by atoms with Crippen LogP contribution in [-0.4, -0.2) is 95.9 Å². The summed E-state index contributed by atoms with van der Waals surface area (Å²) in [5, 5.41) is 3.24. The number of hydrogen-bond acceptors (Lipinski definition) is 6. The highest BCUT2D eigenvalue weighted by Gasteiger charge is 2.48. The molecule has 0 bridgehead atoms. The van der Waals surface area contributed by atoms with E-state index in [-0.39, 0.29) is 6.04 Å². The molecular formula is C17H27N5OS. The van der Waals surface area contributed by atoms with Gasteiger partial charge in [0.15, 0.2) is 0 Å². The molecule has 3 aliphatic rings. The van der Waals surface area contributed by atoms with Gasteiger partial charge in [0.2, 0.25) is 5.91 Å². The van der Waals surface area contributed by atoms with Crippen LogP contribution in [0.25, 0.3) is 0 Å². The van der Waals surface area contributed by atoms with Gasteiger partial charge in [-0.05, 0) is 26.4 Å². The van der Waals surface area contributed by atoms with Crippen LogP contribution in [0, 0.1) is 5.92 Å². The van der Waals surface area contributed by atoms with Gasteiger partial charge in [-0.25, -0.2) is 4.98 Å². The molecule has 4 rings (SSSR count). The Balaban J connectivity index is 1.34. The first-order valence-electron chi connectivity index (χ1n) is 8.92. The maximum absolute atomic E-state index is 12.9. The smallest absolute Gasteiger partial charge is 0.240 e. The SMILES string of the molecule is CN1CCN(C(=O)[C@H]2C[C@@H]3CN(Cc4nccs4)C[C@@H]3N2C)CC1. The number of nitrogens with zero attached hydrogens (tertiary/aromatic N) is 5. The summed E-state index contributed by atoms with van der Waals surface area (Å²) in [7, 11) is 4.28. The van der Waals surface area contributed by atoms with Crippen LogP contribution in [0.5, 0.6) is 0 Å². The van der Waals surface area contributed by atoms with Gasteiger partial charge in [-0.1, -0.05) is 0 Å². The van der Waals surface area contributed by atoms with Gasteiger partial charge >= 0.3 is 0 Å². The number of likely N-dealkylation sites (tertiary alicyclic amines) is 2. The fourth-order valence-electron chi connectivity index (χ4n) is 4.48. The summed E-state index contributed by atoms with van der Waals surface area (Å²) < 4.78 is 0. The number of hydrogen-bond donors (Lipinski definition) is 0. The highest BCUT2D eigenvalue weighted by Crippen LogP contribution is 2.36. The van der Waals surface area contributed by atoms with Crippen molar-refractivity contribution in [3.63, 3.8) is 0 Å². The highest BCUT2D eigenvalue weighted by molar-refractivity contribution is 7.09. The second-order valence-electron chi connectivity index (χ2n) is 7.49. The summed E-state index contributed by atoms with van der Waals surface area (Å²) in [5.41, 5.74) is 0. The summed E-state index contributed by atoms with van der Waals surface area (Å²) in [4.78, 5) is 26.6. The fraction of sp³-hybridized carbons (Fsp3) is 0.765. The van der Waals surface area contributed by atoms with Crippen molar-refractivity contribution in [2.45, 2.75) is 25.0 Å². The lowest BCUT2D eigenvalue weighted by molar-refractivity contribution is -0.137. The molecule has 1 aromatic heterocycles. The van der Waals surface area contributed by atoms with E-state index in [1.54, 1.807) is 11.3 Å². The predicted molar refractivity (Wildman–Crippen MR) is 94.9 cm³/mol. The molecule has 3 fully saturated rings. The van der Waals surface area contributed by atoms with Crippen LogP contribution < -0.4 is 0 Å². The van der Waals surface area contributed by atoms with Crippen LogP contribution in [0.3, 0.4) is 0 Å². The molecule has 1 amide bonds. The van der Waals surface area contributed by atoms with Crippen molar-refractivity contribution in [1.82, 2.24) is 24.6 Å². The lowest BCUT2D eigenvalue weighted by Gasteiger charge is -2.36. The minimum atomic E-state index is 0.0884. The number of aromatic nitrogens is 1. The molecule has 3 atom stereocenters. The third kappa shape index (κ3) is 3.10. The number of thiazole rings is 1. The molecule has 6 nitrogen and oxygen atoms in total. The lowest BCUT2D eigenvalue weighted by atomic mass is 10.0. The molecule has 24 heavy (non-hydrogen) atoms. The molecule has 3 saturated heterocycles. The fourth-order valence-corrected chi connectivity index (χ4v) is 5.14. The van der Waals surface area contributed by atoms with E-state index in [0.29, 0.717) is 17.9 Å². The molecular weight excluding hydrogens is 322 g/mol. The van der Waals surface area contributed by atoms with Crippen LogP contribution in [0.1, 0.15) is 11.4 Å². The Hall–Kier alpha value is -1.02. The van der Waals surface area contributed by atoms with Crippen LogP contribution in [0.2, 0.25) is 0 Å². The Labute approximate surface area is 148 Å². The van der Waals surface area contributed by atoms with Gasteiger partial charge in [-0.2, -0.15) is 0 Å². The molecule has 132 valence electrons. The molecule has 0 aromatic carbocycles. The van der Waals surface area contributed by atoms with Crippen molar-refractivity contribution < 1.29 is 4.79 Å². The second-order valence-corrected chi connectivity index (χ2v) is 8.47. The maximum atomic E-state index is 12.9. The molecule has 0 spiro atoms. The minimum Gasteiger partial charge on any atom is -0.339 e. The largest absolute Gasteiger partial charge is 0.339 e. The third-order valence-electron chi connectivity index (χ3n) is 5.97. The summed E-state index contributed by atoms with van der Waals surface area (Å²) in [6.07, 6.45) is 2.90. The van der Waals surface area contributed by atoms with E-state index in [1.807, 2.05) is 11.6 Å². The molecule has 1 aromatic rings. The Morgan fingerprint density at radius 2 is 2.04 bits per heavy atom. The molecule has 0 radical (unpaired) electrons. The number of piperazine rings is 1. The number of likely N-dealkylation sites (N-methyl/N-ethyl adjacent to an activating group) is 2. The quantitative estimate of drug-likeness (QED) is 0.791. The first-order valence-corrected chi connectivity index (χ1v) is 9.80. The van der Waals surface area contributed by atoms with Gasteiger partial charge in [0.05, 0.1) is 12.6 Å². The monoisotopic (exact) mass is 349 g/mol. The number of carbonyl (C=O) groups is 1. The van der Waals surface area contributed by atoms with Crippen molar-refractivity contribution in [2.24, 2.45) is 5.92 Å². The van der Waals surface area contributed by atoms with Crippen LogP contribution in [-0.2, 0) is 11.3 Å². The molecule has 0 N–H and O–H groups in total.